The molecular weight excluding hydrogens is 741 g/mol. The van der Waals surface area contributed by atoms with Gasteiger partial charge in [-0.25, -0.2) is 4.79 Å². The van der Waals surface area contributed by atoms with Crippen LogP contribution in [0.4, 0.5) is 0 Å². The second-order valence-electron chi connectivity index (χ2n) is 16.4. The van der Waals surface area contributed by atoms with Crippen molar-refractivity contribution in [1.29, 1.82) is 0 Å². The topological polar surface area (TPSA) is 83.5 Å². The standard InChI is InChI=1S/C50H62O7Si/c1-9-21-45-49(35-34-44(51)38(10-2)30-33-46(52)53-11-3,56-47(55-45)39-28-31-43(32-29-39)57-58(7,8)48(4,5)6)36-37-54-50(40-22-15-12-16-23-40,41-24-17-13-18-25-41)42-26-19-14-20-27-42/h9,12-20,22-35,38,44-45,47,51H,1,10-11,21,36-37H2,2-8H3/b33-30-,35-34?/t38-,44-,45+,47+,49-/m0/s1. The number of esters is 1. The SMILES string of the molecule is C=CC[C@H]1O[C@@H](c2ccc(O[Si](C)(C)C(C)(C)C)cc2)O[C@@]1(C=C[C@H](O)[C@H](/C=C\C(=O)OCC)CC)CCOC(c1ccccc1)(c1ccccc1)c1ccccc1. The van der Waals surface area contributed by atoms with E-state index in [9.17, 15) is 9.90 Å². The first-order chi connectivity index (χ1) is 27.8. The lowest BCUT2D eigenvalue weighted by molar-refractivity contribution is -0.137. The quantitative estimate of drug-likeness (QED) is 0.0332. The van der Waals surface area contributed by atoms with Crippen molar-refractivity contribution < 1.29 is 33.3 Å². The lowest BCUT2D eigenvalue weighted by Crippen LogP contribution is -2.43. The van der Waals surface area contributed by atoms with E-state index in [0.717, 1.165) is 28.0 Å². The molecule has 0 aliphatic carbocycles. The highest BCUT2D eigenvalue weighted by Crippen LogP contribution is 2.46. The highest BCUT2D eigenvalue weighted by atomic mass is 28.4. The van der Waals surface area contributed by atoms with E-state index in [0.29, 0.717) is 19.3 Å². The third-order valence-corrected chi connectivity index (χ3v) is 15.8. The maximum atomic E-state index is 12.2. The minimum absolute atomic E-state index is 0.0599. The second kappa shape index (κ2) is 19.9. The summed E-state index contributed by atoms with van der Waals surface area (Å²) in [7, 11) is -2.05. The first-order valence-corrected chi connectivity index (χ1v) is 23.5. The van der Waals surface area contributed by atoms with Gasteiger partial charge in [0.1, 0.15) is 17.0 Å². The molecule has 58 heavy (non-hydrogen) atoms. The van der Waals surface area contributed by atoms with E-state index in [4.69, 9.17) is 23.4 Å². The van der Waals surface area contributed by atoms with E-state index in [-0.39, 0.29) is 24.2 Å². The lowest BCUT2D eigenvalue weighted by Gasteiger charge is -2.37. The fourth-order valence-electron chi connectivity index (χ4n) is 7.13. The van der Waals surface area contributed by atoms with Crippen molar-refractivity contribution in [2.75, 3.05) is 13.2 Å². The second-order valence-corrected chi connectivity index (χ2v) is 21.1. The molecule has 0 amide bonds. The van der Waals surface area contributed by atoms with Crippen LogP contribution in [0.3, 0.4) is 0 Å². The van der Waals surface area contributed by atoms with Gasteiger partial charge in [0.05, 0.1) is 25.4 Å². The Morgan fingerprint density at radius 1 is 0.862 bits per heavy atom. The summed E-state index contributed by atoms with van der Waals surface area (Å²) >= 11 is 0. The largest absolute Gasteiger partial charge is 0.544 e. The summed E-state index contributed by atoms with van der Waals surface area (Å²) in [4.78, 5) is 12.2. The fourth-order valence-corrected chi connectivity index (χ4v) is 8.16. The van der Waals surface area contributed by atoms with E-state index in [1.54, 1.807) is 19.1 Å². The Bertz CT molecular complexity index is 1840. The summed E-state index contributed by atoms with van der Waals surface area (Å²) in [6.45, 7) is 19.5. The summed E-state index contributed by atoms with van der Waals surface area (Å²) in [6, 6.07) is 38.8. The van der Waals surface area contributed by atoms with Gasteiger partial charge >= 0.3 is 5.97 Å². The van der Waals surface area contributed by atoms with Crippen molar-refractivity contribution in [1.82, 2.24) is 0 Å². The predicted molar refractivity (Wildman–Crippen MR) is 235 cm³/mol. The van der Waals surface area contributed by atoms with Gasteiger partial charge in [0.15, 0.2) is 6.29 Å². The zero-order valence-electron chi connectivity index (χ0n) is 35.3. The van der Waals surface area contributed by atoms with Crippen molar-refractivity contribution in [3.63, 3.8) is 0 Å². The van der Waals surface area contributed by atoms with Crippen LogP contribution in [0.5, 0.6) is 5.75 Å². The number of carbonyl (C=O) groups excluding carboxylic acids is 1. The van der Waals surface area contributed by atoms with Crippen LogP contribution < -0.4 is 4.43 Å². The highest BCUT2D eigenvalue weighted by molar-refractivity contribution is 6.74. The van der Waals surface area contributed by atoms with E-state index >= 15 is 0 Å². The predicted octanol–water partition coefficient (Wildman–Crippen LogP) is 11.3. The molecule has 7 nitrogen and oxygen atoms in total. The Balaban J connectivity index is 1.53. The number of aliphatic hydroxyl groups is 1. The highest BCUT2D eigenvalue weighted by Gasteiger charge is 2.49. The molecule has 5 rings (SSSR count). The number of rotatable bonds is 19. The van der Waals surface area contributed by atoms with E-state index < -0.39 is 44.0 Å². The molecule has 1 saturated heterocycles. The van der Waals surface area contributed by atoms with Crippen molar-refractivity contribution in [2.45, 2.75) is 102 Å². The Kier molecular flexibility index (Phi) is 15.3. The minimum Gasteiger partial charge on any atom is -0.544 e. The van der Waals surface area contributed by atoms with Crippen LogP contribution in [0.1, 0.15) is 82.4 Å². The van der Waals surface area contributed by atoms with Crippen molar-refractivity contribution in [2.24, 2.45) is 5.92 Å². The summed E-state index contributed by atoms with van der Waals surface area (Å²) in [5.41, 5.74) is 1.87. The smallest absolute Gasteiger partial charge is 0.330 e. The molecule has 0 radical (unpaired) electrons. The van der Waals surface area contributed by atoms with Crippen LogP contribution in [-0.2, 0) is 29.3 Å². The minimum atomic E-state index is -2.05. The molecule has 4 aromatic carbocycles. The van der Waals surface area contributed by atoms with Crippen molar-refractivity contribution >= 4 is 14.3 Å². The van der Waals surface area contributed by atoms with Crippen molar-refractivity contribution in [3.05, 3.63) is 174 Å². The molecule has 0 spiro atoms. The van der Waals surface area contributed by atoms with Crippen LogP contribution in [0.2, 0.25) is 18.1 Å². The number of hydrogen-bond acceptors (Lipinski definition) is 7. The molecule has 4 aromatic rings. The zero-order valence-corrected chi connectivity index (χ0v) is 36.3. The summed E-state index contributed by atoms with van der Waals surface area (Å²) in [5.74, 6) is 0.0473. The Morgan fingerprint density at radius 2 is 1.41 bits per heavy atom. The molecule has 0 bridgehead atoms. The number of carbonyl (C=O) groups is 1. The van der Waals surface area contributed by atoms with E-state index in [1.165, 1.54) is 6.08 Å². The molecule has 0 saturated carbocycles. The Hall–Kier alpha value is -4.57. The Labute approximate surface area is 347 Å². The van der Waals surface area contributed by atoms with Gasteiger partial charge < -0.3 is 28.5 Å². The molecule has 0 aromatic heterocycles. The molecule has 1 heterocycles. The van der Waals surface area contributed by atoms with Crippen LogP contribution in [0, 0.1) is 5.92 Å². The first kappa shape index (κ1) is 44.5. The molecule has 1 aliphatic heterocycles. The van der Waals surface area contributed by atoms with Crippen LogP contribution in [0.15, 0.2) is 152 Å². The summed E-state index contributed by atoms with van der Waals surface area (Å²) < 4.78 is 32.8. The number of hydrogen-bond donors (Lipinski definition) is 1. The van der Waals surface area contributed by atoms with E-state index in [1.807, 2.05) is 97.9 Å². The zero-order chi connectivity index (χ0) is 41.8. The normalized spacial score (nSPS) is 19.9. The van der Waals surface area contributed by atoms with Crippen LogP contribution >= 0.6 is 0 Å². The van der Waals surface area contributed by atoms with Gasteiger partial charge in [0.2, 0.25) is 8.32 Å². The molecule has 8 heteroatoms. The maximum absolute atomic E-state index is 12.2. The lowest BCUT2D eigenvalue weighted by atomic mass is 9.80. The van der Waals surface area contributed by atoms with Gasteiger partial charge in [0, 0.05) is 24.0 Å². The van der Waals surface area contributed by atoms with Gasteiger partial charge in [-0.2, -0.15) is 0 Å². The number of aliphatic hydroxyl groups excluding tert-OH is 1. The van der Waals surface area contributed by atoms with Gasteiger partial charge in [-0.15, -0.1) is 6.58 Å². The van der Waals surface area contributed by atoms with Gasteiger partial charge in [-0.05, 0) is 66.7 Å². The summed E-state index contributed by atoms with van der Waals surface area (Å²) in [5, 5.41) is 11.6. The van der Waals surface area contributed by atoms with Gasteiger partial charge in [-0.1, -0.05) is 155 Å². The number of ether oxygens (including phenoxy) is 4. The first-order valence-electron chi connectivity index (χ1n) is 20.5. The number of benzene rings is 4. The molecule has 1 fully saturated rings. The van der Waals surface area contributed by atoms with Crippen LogP contribution in [0.25, 0.3) is 0 Å². The third kappa shape index (κ3) is 10.5. The molecular formula is C50H62O7Si. The fraction of sp³-hybridized carbons (Fsp3) is 0.380. The Morgan fingerprint density at radius 3 is 1.90 bits per heavy atom. The van der Waals surface area contributed by atoms with Crippen molar-refractivity contribution in [3.8, 4) is 5.75 Å². The molecule has 308 valence electrons. The van der Waals surface area contributed by atoms with E-state index in [2.05, 4.69) is 76.8 Å². The monoisotopic (exact) mass is 802 g/mol. The summed E-state index contributed by atoms with van der Waals surface area (Å²) in [6.07, 6.45) is 8.04. The van der Waals surface area contributed by atoms with Gasteiger partial charge in [-0.3, -0.25) is 0 Å². The molecule has 5 atom stereocenters. The maximum Gasteiger partial charge on any atom is 0.330 e. The average Bonchev–Trinajstić information content (AvgIpc) is 3.57. The van der Waals surface area contributed by atoms with Gasteiger partial charge in [0.25, 0.3) is 0 Å². The third-order valence-electron chi connectivity index (χ3n) is 11.5. The average molecular weight is 803 g/mol. The molecule has 1 N–H and O–H groups in total. The van der Waals surface area contributed by atoms with Crippen LogP contribution in [-0.4, -0.2) is 50.4 Å². The molecule has 0 unspecified atom stereocenters. The molecule has 1 aliphatic rings.